The molecule has 1 saturated heterocycles. The maximum absolute atomic E-state index is 12.8. The summed E-state index contributed by atoms with van der Waals surface area (Å²) >= 11 is 0. The number of anilines is 1. The van der Waals surface area contributed by atoms with E-state index in [1.54, 1.807) is 20.3 Å². The molecule has 0 unspecified atom stereocenters. The van der Waals surface area contributed by atoms with Crippen molar-refractivity contribution in [1.82, 2.24) is 4.57 Å². The van der Waals surface area contributed by atoms with Crippen LogP contribution in [0.15, 0.2) is 23.0 Å². The molecule has 28 heavy (non-hydrogen) atoms. The number of likely N-dealkylation sites (N-methyl/N-ethyl adjacent to an activating group) is 1. The quantitative estimate of drug-likeness (QED) is 0.803. The third-order valence-electron chi connectivity index (χ3n) is 5.59. The van der Waals surface area contributed by atoms with E-state index >= 15 is 0 Å². The van der Waals surface area contributed by atoms with E-state index in [9.17, 15) is 4.79 Å². The third kappa shape index (κ3) is 3.04. The standard InChI is InChI=1S/C21H26N2O5/c1-13-16(24)11-19(22(2)20-12-27-7-8-28-20)23-6-5-14-9-17(25-3)18(26-4)10-15(14)21(13)23/h9-11,20H,5-8,12H2,1-4H3/t20-/m1/s1. The number of ether oxygens (including phenoxy) is 4. The van der Waals surface area contributed by atoms with Crippen LogP contribution >= 0.6 is 0 Å². The molecular formula is C21H26N2O5. The predicted molar refractivity (Wildman–Crippen MR) is 107 cm³/mol. The zero-order chi connectivity index (χ0) is 19.8. The van der Waals surface area contributed by atoms with E-state index in [-0.39, 0.29) is 11.7 Å². The first-order chi connectivity index (χ1) is 13.5. The van der Waals surface area contributed by atoms with Crippen molar-refractivity contribution < 1.29 is 18.9 Å². The minimum Gasteiger partial charge on any atom is -0.493 e. The van der Waals surface area contributed by atoms with Gasteiger partial charge in [-0.15, -0.1) is 0 Å². The summed E-state index contributed by atoms with van der Waals surface area (Å²) in [6, 6.07) is 5.67. The lowest BCUT2D eigenvalue weighted by Gasteiger charge is -2.36. The van der Waals surface area contributed by atoms with Gasteiger partial charge in [-0.05, 0) is 31.0 Å². The molecule has 2 aliphatic rings. The molecule has 4 rings (SSSR count). The fourth-order valence-electron chi connectivity index (χ4n) is 4.03. The summed E-state index contributed by atoms with van der Waals surface area (Å²) in [4.78, 5) is 14.8. The summed E-state index contributed by atoms with van der Waals surface area (Å²) in [6.07, 6.45) is 0.632. The Bertz CT molecular complexity index is 947. The summed E-state index contributed by atoms with van der Waals surface area (Å²) in [5.41, 5.74) is 3.82. The van der Waals surface area contributed by atoms with Gasteiger partial charge < -0.3 is 28.4 Å². The van der Waals surface area contributed by atoms with Gasteiger partial charge in [-0.1, -0.05) is 0 Å². The second-order valence-corrected chi connectivity index (χ2v) is 7.12. The van der Waals surface area contributed by atoms with Crippen molar-refractivity contribution in [2.75, 3.05) is 46.0 Å². The largest absolute Gasteiger partial charge is 0.493 e. The Morgan fingerprint density at radius 1 is 1.14 bits per heavy atom. The van der Waals surface area contributed by atoms with Crippen molar-refractivity contribution in [2.45, 2.75) is 26.1 Å². The third-order valence-corrected chi connectivity index (χ3v) is 5.59. The molecule has 1 aromatic carbocycles. The lowest BCUT2D eigenvalue weighted by Crippen LogP contribution is -2.44. The summed E-state index contributed by atoms with van der Waals surface area (Å²) < 4.78 is 24.5. The van der Waals surface area contributed by atoms with E-state index in [1.807, 2.05) is 31.0 Å². The van der Waals surface area contributed by atoms with Crippen LogP contribution in [0.5, 0.6) is 11.5 Å². The number of methoxy groups -OCH3 is 2. The second kappa shape index (κ2) is 7.48. The highest BCUT2D eigenvalue weighted by Gasteiger charge is 2.28. The zero-order valence-electron chi connectivity index (χ0n) is 16.8. The van der Waals surface area contributed by atoms with Crippen LogP contribution in [-0.2, 0) is 22.4 Å². The Morgan fingerprint density at radius 3 is 2.57 bits per heavy atom. The van der Waals surface area contributed by atoms with Crippen LogP contribution in [0.3, 0.4) is 0 Å². The van der Waals surface area contributed by atoms with Gasteiger partial charge in [0.25, 0.3) is 0 Å². The monoisotopic (exact) mass is 386 g/mol. The van der Waals surface area contributed by atoms with Crippen molar-refractivity contribution in [3.63, 3.8) is 0 Å². The Hall–Kier alpha value is -2.51. The highest BCUT2D eigenvalue weighted by Crippen LogP contribution is 2.40. The number of hydrogen-bond acceptors (Lipinski definition) is 6. The van der Waals surface area contributed by atoms with Crippen molar-refractivity contribution in [2.24, 2.45) is 0 Å². The number of aromatic nitrogens is 1. The van der Waals surface area contributed by atoms with Gasteiger partial charge in [0.1, 0.15) is 5.82 Å². The lowest BCUT2D eigenvalue weighted by atomic mass is 9.93. The Kier molecular flexibility index (Phi) is 5.03. The number of benzene rings is 1. The van der Waals surface area contributed by atoms with Crippen molar-refractivity contribution in [3.05, 3.63) is 39.5 Å². The van der Waals surface area contributed by atoms with E-state index in [2.05, 4.69) is 4.57 Å². The number of aryl methyl sites for hydroxylation is 1. The average Bonchev–Trinajstić information content (AvgIpc) is 2.74. The van der Waals surface area contributed by atoms with Gasteiger partial charge in [0, 0.05) is 30.8 Å². The normalized spacial score (nSPS) is 18.2. The van der Waals surface area contributed by atoms with Gasteiger partial charge in [0.05, 0.1) is 39.7 Å². The minimum absolute atomic E-state index is 0.00691. The fraction of sp³-hybridized carbons (Fsp3) is 0.476. The molecule has 150 valence electrons. The van der Waals surface area contributed by atoms with Crippen LogP contribution in [0.2, 0.25) is 0 Å². The van der Waals surface area contributed by atoms with Crippen LogP contribution < -0.4 is 19.8 Å². The molecule has 0 spiro atoms. The lowest BCUT2D eigenvalue weighted by molar-refractivity contribution is -0.0869. The van der Waals surface area contributed by atoms with Crippen LogP contribution in [0.4, 0.5) is 5.82 Å². The maximum atomic E-state index is 12.8. The summed E-state index contributed by atoms with van der Waals surface area (Å²) in [7, 11) is 5.20. The molecule has 0 amide bonds. The van der Waals surface area contributed by atoms with Gasteiger partial charge in [-0.2, -0.15) is 0 Å². The number of hydrogen-bond donors (Lipinski definition) is 0. The first-order valence-electron chi connectivity index (χ1n) is 9.47. The van der Waals surface area contributed by atoms with Crippen molar-refractivity contribution in [3.8, 4) is 22.8 Å². The molecule has 2 aliphatic heterocycles. The summed E-state index contributed by atoms with van der Waals surface area (Å²) in [5, 5.41) is 0. The molecule has 0 saturated carbocycles. The van der Waals surface area contributed by atoms with Crippen LogP contribution in [-0.4, -0.2) is 51.9 Å². The molecule has 7 heteroatoms. The molecule has 1 aromatic heterocycles. The van der Waals surface area contributed by atoms with Crippen LogP contribution in [0.25, 0.3) is 11.3 Å². The SMILES string of the molecule is COc1cc2c(cc1OC)-c1c(C)c(=O)cc(N(C)[C@H]3COCCO3)n1CC2. The van der Waals surface area contributed by atoms with Crippen LogP contribution in [0.1, 0.15) is 11.1 Å². The number of nitrogens with zero attached hydrogens (tertiary/aromatic N) is 2. The van der Waals surface area contributed by atoms with Crippen molar-refractivity contribution >= 4 is 5.82 Å². The zero-order valence-corrected chi connectivity index (χ0v) is 16.8. The highest BCUT2D eigenvalue weighted by molar-refractivity contribution is 5.74. The molecule has 0 bridgehead atoms. The summed E-state index contributed by atoms with van der Waals surface area (Å²) in [6.45, 7) is 4.29. The fourth-order valence-corrected chi connectivity index (χ4v) is 4.03. The van der Waals surface area contributed by atoms with E-state index in [1.165, 1.54) is 0 Å². The molecule has 2 aromatic rings. The Morgan fingerprint density at radius 2 is 1.89 bits per heavy atom. The first kappa shape index (κ1) is 18.8. The average molecular weight is 386 g/mol. The maximum Gasteiger partial charge on any atom is 0.187 e. The smallest absolute Gasteiger partial charge is 0.187 e. The molecule has 3 heterocycles. The van der Waals surface area contributed by atoms with Crippen LogP contribution in [0, 0.1) is 6.92 Å². The van der Waals surface area contributed by atoms with Crippen molar-refractivity contribution in [1.29, 1.82) is 0 Å². The molecule has 1 fully saturated rings. The predicted octanol–water partition coefficient (Wildman–Crippen LogP) is 2.21. The van der Waals surface area contributed by atoms with E-state index < -0.39 is 0 Å². The molecular weight excluding hydrogens is 360 g/mol. The van der Waals surface area contributed by atoms with Gasteiger partial charge in [0.2, 0.25) is 0 Å². The molecule has 7 nitrogen and oxygen atoms in total. The topological polar surface area (TPSA) is 62.2 Å². The molecule has 0 N–H and O–H groups in total. The number of fused-ring (bicyclic) bond motifs is 3. The molecule has 0 aliphatic carbocycles. The minimum atomic E-state index is -0.209. The highest BCUT2D eigenvalue weighted by atomic mass is 16.6. The number of pyridine rings is 1. The van der Waals surface area contributed by atoms with Gasteiger partial charge >= 0.3 is 0 Å². The van der Waals surface area contributed by atoms with Gasteiger partial charge in [-0.3, -0.25) is 4.79 Å². The van der Waals surface area contributed by atoms with E-state index in [4.69, 9.17) is 18.9 Å². The molecule has 0 radical (unpaired) electrons. The number of rotatable bonds is 4. The second-order valence-electron chi connectivity index (χ2n) is 7.12. The van der Waals surface area contributed by atoms with E-state index in [0.717, 1.165) is 41.2 Å². The molecule has 1 atom stereocenters. The first-order valence-corrected chi connectivity index (χ1v) is 9.47. The Labute approximate surface area is 164 Å². The Balaban J connectivity index is 1.88. The van der Waals surface area contributed by atoms with Gasteiger partial charge in [0.15, 0.2) is 23.2 Å². The van der Waals surface area contributed by atoms with E-state index in [0.29, 0.717) is 31.3 Å². The van der Waals surface area contributed by atoms with Gasteiger partial charge in [-0.25, -0.2) is 0 Å². The summed E-state index contributed by atoms with van der Waals surface area (Å²) in [5.74, 6) is 2.20.